The van der Waals surface area contributed by atoms with Gasteiger partial charge < -0.3 is 15.3 Å². The van der Waals surface area contributed by atoms with E-state index >= 15 is 0 Å². The quantitative estimate of drug-likeness (QED) is 0.679. The molecule has 0 spiro atoms. The molecule has 0 aliphatic carbocycles. The highest BCUT2D eigenvalue weighted by molar-refractivity contribution is 7.98. The minimum atomic E-state index is -1.55. The molecule has 5 nitrogen and oxygen atoms in total. The average molecular weight is 270 g/mol. The van der Waals surface area contributed by atoms with E-state index in [0.29, 0.717) is 12.0 Å². The van der Waals surface area contributed by atoms with Crippen LogP contribution in [0.1, 0.15) is 23.7 Å². The molecule has 0 aliphatic rings. The first-order chi connectivity index (χ1) is 8.45. The van der Waals surface area contributed by atoms with Crippen molar-refractivity contribution in [3.8, 4) is 0 Å². The highest BCUT2D eigenvalue weighted by atomic mass is 32.2. The van der Waals surface area contributed by atoms with Gasteiger partial charge >= 0.3 is 11.9 Å². The van der Waals surface area contributed by atoms with E-state index in [4.69, 9.17) is 10.2 Å². The maximum Gasteiger partial charge on any atom is 0.337 e. The van der Waals surface area contributed by atoms with E-state index in [9.17, 15) is 14.7 Å². The van der Waals surface area contributed by atoms with Gasteiger partial charge in [-0.15, -0.1) is 11.8 Å². The number of carboxylic acids is 2. The molecule has 0 fully saturated rings. The standard InChI is InChI=1S/C12H14O5S/c1-18-9-6-8(11(15)12(16)17)3-2-7(9)4-5-10(13)14/h2-3,6,11,15H,4-5H2,1H3,(H,13,14)(H,16,17). The highest BCUT2D eigenvalue weighted by Crippen LogP contribution is 2.26. The van der Waals surface area contributed by atoms with Crippen molar-refractivity contribution in [3.05, 3.63) is 29.3 Å². The van der Waals surface area contributed by atoms with Crippen molar-refractivity contribution in [3.63, 3.8) is 0 Å². The molecule has 98 valence electrons. The molecule has 1 aromatic rings. The summed E-state index contributed by atoms with van der Waals surface area (Å²) in [6.45, 7) is 0. The van der Waals surface area contributed by atoms with E-state index in [-0.39, 0.29) is 6.42 Å². The summed E-state index contributed by atoms with van der Waals surface area (Å²) in [6.07, 6.45) is 0.671. The number of thioether (sulfide) groups is 1. The summed E-state index contributed by atoms with van der Waals surface area (Å²) >= 11 is 1.39. The number of carbonyl (C=O) groups is 2. The molecule has 3 N–H and O–H groups in total. The number of aryl methyl sites for hydroxylation is 1. The first kappa shape index (κ1) is 14.5. The van der Waals surface area contributed by atoms with Crippen molar-refractivity contribution in [2.75, 3.05) is 6.26 Å². The Bertz CT molecular complexity index is 458. The molecule has 1 atom stereocenters. The van der Waals surface area contributed by atoms with Gasteiger partial charge in [0.05, 0.1) is 0 Å². The lowest BCUT2D eigenvalue weighted by molar-refractivity contribution is -0.147. The number of aliphatic carboxylic acids is 2. The summed E-state index contributed by atoms with van der Waals surface area (Å²) in [5.74, 6) is -2.18. The summed E-state index contributed by atoms with van der Waals surface area (Å²) in [7, 11) is 0. The number of hydrogen-bond donors (Lipinski definition) is 3. The van der Waals surface area contributed by atoms with Crippen LogP contribution in [-0.2, 0) is 16.0 Å². The fourth-order valence-corrected chi connectivity index (χ4v) is 2.21. The van der Waals surface area contributed by atoms with Gasteiger partial charge in [-0.25, -0.2) is 4.79 Å². The Morgan fingerprint density at radius 2 is 2.00 bits per heavy atom. The molecule has 1 unspecified atom stereocenters. The number of aliphatic hydroxyl groups is 1. The number of carboxylic acid groups (broad SMARTS) is 2. The smallest absolute Gasteiger partial charge is 0.337 e. The van der Waals surface area contributed by atoms with Crippen LogP contribution >= 0.6 is 11.8 Å². The van der Waals surface area contributed by atoms with Gasteiger partial charge in [0, 0.05) is 11.3 Å². The van der Waals surface area contributed by atoms with Crippen LogP contribution < -0.4 is 0 Å². The second-order valence-corrected chi connectivity index (χ2v) is 4.55. The van der Waals surface area contributed by atoms with Gasteiger partial charge in [0.2, 0.25) is 0 Å². The number of hydrogen-bond acceptors (Lipinski definition) is 4. The molecule has 0 amide bonds. The Morgan fingerprint density at radius 1 is 1.33 bits per heavy atom. The van der Waals surface area contributed by atoms with Gasteiger partial charge in [0.15, 0.2) is 6.10 Å². The fourth-order valence-electron chi connectivity index (χ4n) is 1.52. The summed E-state index contributed by atoms with van der Waals surface area (Å²) in [6, 6.07) is 4.76. The lowest BCUT2D eigenvalue weighted by Gasteiger charge is -2.11. The van der Waals surface area contributed by atoms with Gasteiger partial charge in [-0.2, -0.15) is 0 Å². The third-order valence-corrected chi connectivity index (χ3v) is 3.29. The third-order valence-electron chi connectivity index (χ3n) is 2.47. The van der Waals surface area contributed by atoms with Gasteiger partial charge in [-0.1, -0.05) is 12.1 Å². The van der Waals surface area contributed by atoms with Crippen LogP contribution in [0, 0.1) is 0 Å². The second-order valence-electron chi connectivity index (χ2n) is 3.71. The Labute approximate surface area is 108 Å². The first-order valence-corrected chi connectivity index (χ1v) is 6.47. The average Bonchev–Trinajstić information content (AvgIpc) is 2.34. The van der Waals surface area contributed by atoms with E-state index in [1.54, 1.807) is 12.1 Å². The molecule has 0 heterocycles. The van der Waals surface area contributed by atoms with Crippen LogP contribution in [0.2, 0.25) is 0 Å². The fraction of sp³-hybridized carbons (Fsp3) is 0.333. The Morgan fingerprint density at radius 3 is 2.50 bits per heavy atom. The van der Waals surface area contributed by atoms with Crippen LogP contribution in [0.3, 0.4) is 0 Å². The molecule has 1 aromatic carbocycles. The summed E-state index contributed by atoms with van der Waals surface area (Å²) < 4.78 is 0. The summed E-state index contributed by atoms with van der Waals surface area (Å²) in [5.41, 5.74) is 1.14. The molecule has 0 bridgehead atoms. The molecule has 0 saturated carbocycles. The molecule has 0 aliphatic heterocycles. The zero-order valence-electron chi connectivity index (χ0n) is 9.79. The van der Waals surface area contributed by atoms with E-state index in [1.165, 1.54) is 17.8 Å². The van der Waals surface area contributed by atoms with Crippen molar-refractivity contribution in [1.29, 1.82) is 0 Å². The predicted molar refractivity (Wildman–Crippen MR) is 66.8 cm³/mol. The first-order valence-electron chi connectivity index (χ1n) is 5.25. The lowest BCUT2D eigenvalue weighted by Crippen LogP contribution is -2.10. The SMILES string of the molecule is CSc1cc(C(O)C(=O)O)ccc1CCC(=O)O. The maximum absolute atomic E-state index is 10.7. The van der Waals surface area contributed by atoms with E-state index in [1.807, 2.05) is 6.26 Å². The largest absolute Gasteiger partial charge is 0.481 e. The summed E-state index contributed by atoms with van der Waals surface area (Å²) in [5, 5.41) is 26.8. The Kier molecular flexibility index (Phi) is 5.18. The molecular weight excluding hydrogens is 256 g/mol. The molecule has 6 heteroatoms. The summed E-state index contributed by atoms with van der Waals surface area (Å²) in [4.78, 5) is 22.0. The zero-order valence-corrected chi connectivity index (χ0v) is 10.6. The van der Waals surface area contributed by atoms with Crippen molar-refractivity contribution in [2.24, 2.45) is 0 Å². The Balaban J connectivity index is 2.96. The monoisotopic (exact) mass is 270 g/mol. The van der Waals surface area contributed by atoms with Crippen LogP contribution in [0.5, 0.6) is 0 Å². The van der Waals surface area contributed by atoms with Crippen molar-refractivity contribution >= 4 is 23.7 Å². The molecular formula is C12H14O5S. The maximum atomic E-state index is 10.7. The van der Waals surface area contributed by atoms with Gasteiger partial charge in [-0.05, 0) is 29.9 Å². The lowest BCUT2D eigenvalue weighted by atomic mass is 10.0. The van der Waals surface area contributed by atoms with Crippen LogP contribution in [0.15, 0.2) is 23.1 Å². The number of rotatable bonds is 6. The van der Waals surface area contributed by atoms with Gasteiger partial charge in [0.25, 0.3) is 0 Å². The predicted octanol–water partition coefficient (Wildman–Crippen LogP) is 1.54. The van der Waals surface area contributed by atoms with Crippen molar-refractivity contribution in [2.45, 2.75) is 23.8 Å². The molecule has 18 heavy (non-hydrogen) atoms. The molecule has 1 rings (SSSR count). The minimum absolute atomic E-state index is 0.0222. The molecule has 0 aromatic heterocycles. The minimum Gasteiger partial charge on any atom is -0.481 e. The Hall–Kier alpha value is -1.53. The van der Waals surface area contributed by atoms with E-state index in [0.717, 1.165) is 10.5 Å². The topological polar surface area (TPSA) is 94.8 Å². The zero-order chi connectivity index (χ0) is 13.7. The van der Waals surface area contributed by atoms with Gasteiger partial charge in [0.1, 0.15) is 0 Å². The highest BCUT2D eigenvalue weighted by Gasteiger charge is 2.17. The van der Waals surface area contributed by atoms with Crippen LogP contribution in [-0.4, -0.2) is 33.5 Å². The van der Waals surface area contributed by atoms with Gasteiger partial charge in [-0.3, -0.25) is 4.79 Å². The van der Waals surface area contributed by atoms with Crippen molar-refractivity contribution in [1.82, 2.24) is 0 Å². The number of benzene rings is 1. The van der Waals surface area contributed by atoms with E-state index < -0.39 is 18.0 Å². The number of aliphatic hydroxyl groups excluding tert-OH is 1. The van der Waals surface area contributed by atoms with Crippen LogP contribution in [0.25, 0.3) is 0 Å². The van der Waals surface area contributed by atoms with E-state index in [2.05, 4.69) is 0 Å². The normalized spacial score (nSPS) is 12.1. The third kappa shape index (κ3) is 3.75. The second kappa shape index (κ2) is 6.42. The molecule has 0 radical (unpaired) electrons. The molecule has 0 saturated heterocycles. The van der Waals surface area contributed by atoms with Crippen LogP contribution in [0.4, 0.5) is 0 Å². The van der Waals surface area contributed by atoms with Crippen molar-refractivity contribution < 1.29 is 24.9 Å².